The van der Waals surface area contributed by atoms with Crippen LogP contribution in [0.2, 0.25) is 0 Å². The first-order valence-electron chi connectivity index (χ1n) is 10.1. The number of imide groups is 1. The van der Waals surface area contributed by atoms with Gasteiger partial charge in [-0.05, 0) is 44.0 Å². The van der Waals surface area contributed by atoms with Gasteiger partial charge in [0, 0.05) is 11.8 Å². The molecule has 2 fully saturated rings. The molecule has 1 aliphatic heterocycles. The van der Waals surface area contributed by atoms with Crippen LogP contribution in [0.4, 0.5) is 5.69 Å². The molecule has 3 amide bonds. The summed E-state index contributed by atoms with van der Waals surface area (Å²) >= 11 is 0. The smallest absolute Gasteiger partial charge is 0.247 e. The molecule has 29 heavy (non-hydrogen) atoms. The molecule has 1 saturated carbocycles. The molecular formula is C23H24N2O4. The highest BCUT2D eigenvalue weighted by molar-refractivity contribution is 6.09. The Balaban J connectivity index is 1.44. The number of ether oxygens (including phenoxy) is 1. The van der Waals surface area contributed by atoms with Gasteiger partial charge in [-0.15, -0.1) is 0 Å². The molecule has 0 spiro atoms. The Bertz CT molecular complexity index is 903. The van der Waals surface area contributed by atoms with Crippen molar-refractivity contribution in [1.29, 1.82) is 0 Å². The first-order chi connectivity index (χ1) is 14.0. The van der Waals surface area contributed by atoms with Gasteiger partial charge in [0.1, 0.15) is 17.5 Å². The Morgan fingerprint density at radius 1 is 0.966 bits per heavy atom. The number of likely N-dealkylation sites (tertiary alicyclic amines) is 1. The van der Waals surface area contributed by atoms with Crippen molar-refractivity contribution in [3.8, 4) is 11.5 Å². The van der Waals surface area contributed by atoms with Gasteiger partial charge in [0.05, 0.1) is 11.8 Å². The molecule has 1 N–H and O–H groups in total. The second kappa shape index (κ2) is 8.07. The summed E-state index contributed by atoms with van der Waals surface area (Å²) in [5.41, 5.74) is 0.548. The summed E-state index contributed by atoms with van der Waals surface area (Å²) in [6, 6.07) is 15.5. The minimum absolute atomic E-state index is 0.205. The largest absolute Gasteiger partial charge is 0.457 e. The summed E-state index contributed by atoms with van der Waals surface area (Å²) in [6.07, 6.45) is 3.39. The Labute approximate surface area is 169 Å². The molecule has 0 radical (unpaired) electrons. The lowest BCUT2D eigenvalue weighted by molar-refractivity contribution is -0.146. The van der Waals surface area contributed by atoms with Crippen molar-refractivity contribution in [3.05, 3.63) is 54.6 Å². The number of rotatable bonds is 5. The molecule has 1 saturated heterocycles. The van der Waals surface area contributed by atoms with E-state index in [-0.39, 0.29) is 29.6 Å². The van der Waals surface area contributed by atoms with Crippen LogP contribution < -0.4 is 10.1 Å². The van der Waals surface area contributed by atoms with Crippen molar-refractivity contribution < 1.29 is 19.1 Å². The average molecular weight is 392 g/mol. The fourth-order valence-corrected chi connectivity index (χ4v) is 4.20. The maximum absolute atomic E-state index is 12.8. The maximum atomic E-state index is 12.8. The Morgan fingerprint density at radius 3 is 2.24 bits per heavy atom. The topological polar surface area (TPSA) is 75.7 Å². The zero-order chi connectivity index (χ0) is 20.4. The van der Waals surface area contributed by atoms with Crippen LogP contribution in [0.15, 0.2) is 54.6 Å². The number of nitrogens with one attached hydrogen (secondary N) is 1. The number of benzene rings is 2. The number of fused-ring (bicyclic) bond motifs is 1. The van der Waals surface area contributed by atoms with E-state index in [1.807, 2.05) is 30.3 Å². The van der Waals surface area contributed by atoms with Gasteiger partial charge in [0.25, 0.3) is 0 Å². The molecule has 150 valence electrons. The Morgan fingerprint density at radius 2 is 1.59 bits per heavy atom. The molecule has 1 aliphatic carbocycles. The van der Waals surface area contributed by atoms with Crippen LogP contribution in [0, 0.1) is 11.8 Å². The molecule has 3 atom stereocenters. The lowest BCUT2D eigenvalue weighted by Crippen LogP contribution is -2.46. The fourth-order valence-electron chi connectivity index (χ4n) is 4.20. The van der Waals surface area contributed by atoms with Crippen molar-refractivity contribution in [3.63, 3.8) is 0 Å². The number of carbonyl (C=O) groups is 3. The number of hydrogen-bond donors (Lipinski definition) is 1. The number of hydrogen-bond acceptors (Lipinski definition) is 4. The van der Waals surface area contributed by atoms with Gasteiger partial charge in [0.15, 0.2) is 0 Å². The minimum Gasteiger partial charge on any atom is -0.457 e. The molecule has 1 heterocycles. The third kappa shape index (κ3) is 3.88. The molecule has 6 heteroatoms. The zero-order valence-corrected chi connectivity index (χ0v) is 16.3. The lowest BCUT2D eigenvalue weighted by atomic mass is 9.81. The average Bonchev–Trinajstić information content (AvgIpc) is 2.99. The van der Waals surface area contributed by atoms with Crippen LogP contribution >= 0.6 is 0 Å². The third-order valence-corrected chi connectivity index (χ3v) is 5.72. The second-order valence-corrected chi connectivity index (χ2v) is 7.65. The van der Waals surface area contributed by atoms with Crippen LogP contribution in [-0.4, -0.2) is 28.7 Å². The van der Waals surface area contributed by atoms with E-state index in [4.69, 9.17) is 4.74 Å². The van der Waals surface area contributed by atoms with Crippen LogP contribution in [0.1, 0.15) is 32.6 Å². The molecule has 2 aliphatic rings. The van der Waals surface area contributed by atoms with Crippen molar-refractivity contribution in [2.24, 2.45) is 11.8 Å². The van der Waals surface area contributed by atoms with E-state index < -0.39 is 6.04 Å². The second-order valence-electron chi connectivity index (χ2n) is 7.65. The summed E-state index contributed by atoms with van der Waals surface area (Å²) < 4.78 is 5.79. The third-order valence-electron chi connectivity index (χ3n) is 5.72. The van der Waals surface area contributed by atoms with E-state index in [1.54, 1.807) is 31.2 Å². The highest BCUT2D eigenvalue weighted by atomic mass is 16.5. The number of para-hydroxylation sites is 1. The van der Waals surface area contributed by atoms with E-state index in [0.717, 1.165) is 25.7 Å². The maximum Gasteiger partial charge on any atom is 0.247 e. The predicted octanol–water partition coefficient (Wildman–Crippen LogP) is 3.98. The lowest BCUT2D eigenvalue weighted by Gasteiger charge is -2.22. The molecule has 6 nitrogen and oxygen atoms in total. The highest BCUT2D eigenvalue weighted by Crippen LogP contribution is 2.39. The van der Waals surface area contributed by atoms with Gasteiger partial charge in [-0.1, -0.05) is 37.1 Å². The summed E-state index contributed by atoms with van der Waals surface area (Å²) in [4.78, 5) is 39.4. The predicted molar refractivity (Wildman–Crippen MR) is 108 cm³/mol. The molecule has 3 unspecified atom stereocenters. The van der Waals surface area contributed by atoms with Crippen molar-refractivity contribution >= 4 is 23.4 Å². The number of carbonyl (C=O) groups excluding carboxylic acids is 3. The molecule has 0 aromatic heterocycles. The van der Waals surface area contributed by atoms with E-state index in [1.165, 1.54) is 4.90 Å². The molecule has 2 aromatic carbocycles. The molecule has 0 bridgehead atoms. The molecular weight excluding hydrogens is 368 g/mol. The number of nitrogens with zero attached hydrogens (tertiary/aromatic N) is 1. The zero-order valence-electron chi connectivity index (χ0n) is 16.3. The van der Waals surface area contributed by atoms with Crippen LogP contribution in [0.25, 0.3) is 0 Å². The highest BCUT2D eigenvalue weighted by Gasteiger charge is 2.50. The Hall–Kier alpha value is -3.15. The first-order valence-corrected chi connectivity index (χ1v) is 10.1. The van der Waals surface area contributed by atoms with E-state index in [0.29, 0.717) is 17.2 Å². The van der Waals surface area contributed by atoms with E-state index in [9.17, 15) is 14.4 Å². The van der Waals surface area contributed by atoms with E-state index in [2.05, 4.69) is 5.32 Å². The number of anilines is 1. The standard InChI is InChI=1S/C23H24N2O4/c1-15(25-22(27)19-12-5-6-13-20(19)23(25)28)21(26)24-16-8-7-11-18(14-16)29-17-9-3-2-4-10-17/h2-4,7-11,14-15,19-20H,5-6,12-13H2,1H3,(H,24,26). The van der Waals surface area contributed by atoms with Gasteiger partial charge < -0.3 is 10.1 Å². The minimum atomic E-state index is -0.848. The van der Waals surface area contributed by atoms with Crippen molar-refractivity contribution in [2.75, 3.05) is 5.32 Å². The summed E-state index contributed by atoms with van der Waals surface area (Å²) in [5.74, 6) is -0.0290. The van der Waals surface area contributed by atoms with Crippen LogP contribution in [0.5, 0.6) is 11.5 Å². The quantitative estimate of drug-likeness (QED) is 0.781. The summed E-state index contributed by atoms with van der Waals surface area (Å²) in [5, 5.41) is 2.80. The van der Waals surface area contributed by atoms with Crippen LogP contribution in [0.3, 0.4) is 0 Å². The van der Waals surface area contributed by atoms with Gasteiger partial charge in [0.2, 0.25) is 17.7 Å². The Kier molecular flexibility index (Phi) is 5.34. The fraction of sp³-hybridized carbons (Fsp3) is 0.348. The molecule has 2 aromatic rings. The number of amides is 3. The first kappa shape index (κ1) is 19.2. The monoisotopic (exact) mass is 392 g/mol. The van der Waals surface area contributed by atoms with Crippen molar-refractivity contribution in [1.82, 2.24) is 4.90 Å². The van der Waals surface area contributed by atoms with E-state index >= 15 is 0 Å². The van der Waals surface area contributed by atoms with Gasteiger partial charge in [-0.25, -0.2) is 0 Å². The summed E-state index contributed by atoms with van der Waals surface area (Å²) in [6.45, 7) is 1.60. The normalized spacial score (nSPS) is 22.2. The van der Waals surface area contributed by atoms with Crippen molar-refractivity contribution in [2.45, 2.75) is 38.6 Å². The molecule has 4 rings (SSSR count). The SMILES string of the molecule is CC(C(=O)Nc1cccc(Oc2ccccc2)c1)N1C(=O)C2CCCCC2C1=O. The van der Waals surface area contributed by atoms with Gasteiger partial charge >= 0.3 is 0 Å². The van der Waals surface area contributed by atoms with Gasteiger partial charge in [-0.3, -0.25) is 19.3 Å². The van der Waals surface area contributed by atoms with Crippen LogP contribution in [-0.2, 0) is 14.4 Å². The summed E-state index contributed by atoms with van der Waals surface area (Å²) in [7, 11) is 0. The van der Waals surface area contributed by atoms with Gasteiger partial charge in [-0.2, -0.15) is 0 Å².